The van der Waals surface area contributed by atoms with Crippen LogP contribution in [0.3, 0.4) is 0 Å². The standard InChI is InChI=1S/C10H13ClO3S/c1-8(5-6-15(12,13)14)9-3-2-4-10(11)7-9/h2-4,7-8H,5-6H2,1H3,(H,12,13,14). The molecule has 0 bridgehead atoms. The lowest BCUT2D eigenvalue weighted by atomic mass is 9.99. The Balaban J connectivity index is 2.65. The molecule has 0 fully saturated rings. The number of halogens is 1. The molecule has 0 aliphatic heterocycles. The highest BCUT2D eigenvalue weighted by Crippen LogP contribution is 2.22. The maximum atomic E-state index is 10.6. The van der Waals surface area contributed by atoms with E-state index in [0.717, 1.165) is 5.56 Å². The molecule has 5 heteroatoms. The summed E-state index contributed by atoms with van der Waals surface area (Å²) in [7, 11) is -3.87. The van der Waals surface area contributed by atoms with Crippen LogP contribution in [0.1, 0.15) is 24.8 Å². The van der Waals surface area contributed by atoms with Crippen LogP contribution in [-0.2, 0) is 10.1 Å². The van der Waals surface area contributed by atoms with Gasteiger partial charge in [0.2, 0.25) is 0 Å². The lowest BCUT2D eigenvalue weighted by Gasteiger charge is -2.10. The highest BCUT2D eigenvalue weighted by Gasteiger charge is 2.11. The maximum absolute atomic E-state index is 10.6. The summed E-state index contributed by atoms with van der Waals surface area (Å²) in [6.45, 7) is 1.90. The summed E-state index contributed by atoms with van der Waals surface area (Å²) in [5, 5.41) is 0.631. The van der Waals surface area contributed by atoms with Gasteiger partial charge in [0.15, 0.2) is 0 Å². The minimum Gasteiger partial charge on any atom is -0.286 e. The topological polar surface area (TPSA) is 54.4 Å². The van der Waals surface area contributed by atoms with Crippen molar-refractivity contribution in [1.29, 1.82) is 0 Å². The van der Waals surface area contributed by atoms with Crippen molar-refractivity contribution in [1.82, 2.24) is 0 Å². The summed E-state index contributed by atoms with van der Waals surface area (Å²) >= 11 is 5.81. The summed E-state index contributed by atoms with van der Waals surface area (Å²) in [5.74, 6) is -0.161. The number of rotatable bonds is 4. The van der Waals surface area contributed by atoms with Crippen LogP contribution in [0.5, 0.6) is 0 Å². The van der Waals surface area contributed by atoms with Crippen LogP contribution in [0.15, 0.2) is 24.3 Å². The second kappa shape index (κ2) is 4.96. The van der Waals surface area contributed by atoms with Crippen LogP contribution in [0.4, 0.5) is 0 Å². The van der Waals surface area contributed by atoms with Crippen molar-refractivity contribution < 1.29 is 13.0 Å². The van der Waals surface area contributed by atoms with Gasteiger partial charge in [-0.25, -0.2) is 0 Å². The summed E-state index contributed by atoms with van der Waals surface area (Å²) in [6.07, 6.45) is 0.388. The Kier molecular flexibility index (Phi) is 4.13. The average Bonchev–Trinajstić information content (AvgIpc) is 2.13. The molecule has 0 aliphatic carbocycles. The number of benzene rings is 1. The molecule has 0 heterocycles. The fourth-order valence-electron chi connectivity index (χ4n) is 1.31. The van der Waals surface area contributed by atoms with Crippen molar-refractivity contribution in [3.05, 3.63) is 34.9 Å². The van der Waals surface area contributed by atoms with Crippen molar-refractivity contribution in [2.45, 2.75) is 19.3 Å². The van der Waals surface area contributed by atoms with E-state index in [-0.39, 0.29) is 11.7 Å². The van der Waals surface area contributed by atoms with E-state index in [4.69, 9.17) is 16.2 Å². The molecule has 0 spiro atoms. The van der Waals surface area contributed by atoms with Gasteiger partial charge in [-0.05, 0) is 30.0 Å². The Bertz CT molecular complexity index is 428. The summed E-state index contributed by atoms with van der Waals surface area (Å²) < 4.78 is 29.7. The molecule has 0 saturated carbocycles. The molecule has 1 aromatic rings. The molecule has 0 saturated heterocycles. The summed E-state index contributed by atoms with van der Waals surface area (Å²) in [5.41, 5.74) is 0.978. The first kappa shape index (κ1) is 12.5. The Morgan fingerprint density at radius 1 is 1.47 bits per heavy atom. The molecule has 0 amide bonds. The molecule has 1 rings (SSSR count). The normalized spacial score (nSPS) is 13.8. The molecule has 84 valence electrons. The number of hydrogen-bond donors (Lipinski definition) is 1. The van der Waals surface area contributed by atoms with E-state index in [1.165, 1.54) is 0 Å². The third kappa shape index (κ3) is 4.64. The first-order valence-electron chi connectivity index (χ1n) is 4.59. The lowest BCUT2D eigenvalue weighted by Crippen LogP contribution is -2.07. The molecule has 1 atom stereocenters. The zero-order chi connectivity index (χ0) is 11.5. The first-order valence-corrected chi connectivity index (χ1v) is 6.58. The molecule has 0 radical (unpaired) electrons. The number of hydrogen-bond acceptors (Lipinski definition) is 2. The fourth-order valence-corrected chi connectivity index (χ4v) is 2.16. The van der Waals surface area contributed by atoms with Gasteiger partial charge in [-0.3, -0.25) is 4.55 Å². The highest BCUT2D eigenvalue weighted by molar-refractivity contribution is 7.85. The van der Waals surface area contributed by atoms with Gasteiger partial charge in [-0.2, -0.15) is 8.42 Å². The molecule has 15 heavy (non-hydrogen) atoms. The van der Waals surface area contributed by atoms with Gasteiger partial charge in [0.25, 0.3) is 10.1 Å². The predicted molar refractivity (Wildman–Crippen MR) is 60.9 cm³/mol. The van der Waals surface area contributed by atoms with Gasteiger partial charge < -0.3 is 0 Å². The lowest BCUT2D eigenvalue weighted by molar-refractivity contribution is 0.478. The second-order valence-corrected chi connectivity index (χ2v) is 5.54. The van der Waals surface area contributed by atoms with Crippen LogP contribution in [0.2, 0.25) is 5.02 Å². The molecular formula is C10H13ClO3S. The molecule has 0 aliphatic rings. The monoisotopic (exact) mass is 248 g/mol. The van der Waals surface area contributed by atoms with E-state index in [2.05, 4.69) is 0 Å². The van der Waals surface area contributed by atoms with Gasteiger partial charge in [0.05, 0.1) is 5.75 Å². The van der Waals surface area contributed by atoms with Crippen LogP contribution in [-0.4, -0.2) is 18.7 Å². The highest BCUT2D eigenvalue weighted by atomic mass is 35.5. The van der Waals surface area contributed by atoms with E-state index in [9.17, 15) is 8.42 Å². The summed E-state index contributed by atoms with van der Waals surface area (Å²) in [6, 6.07) is 7.28. The van der Waals surface area contributed by atoms with E-state index in [0.29, 0.717) is 11.4 Å². The van der Waals surface area contributed by atoms with Crippen LogP contribution in [0, 0.1) is 0 Å². The molecule has 1 unspecified atom stereocenters. The Labute approximate surface area is 94.8 Å². The zero-order valence-electron chi connectivity index (χ0n) is 8.35. The van der Waals surface area contributed by atoms with E-state index < -0.39 is 10.1 Å². The maximum Gasteiger partial charge on any atom is 0.264 e. The van der Waals surface area contributed by atoms with Crippen LogP contribution < -0.4 is 0 Å². The predicted octanol–water partition coefficient (Wildman–Crippen LogP) is 2.72. The second-order valence-electron chi connectivity index (χ2n) is 3.53. The van der Waals surface area contributed by atoms with Crippen LogP contribution >= 0.6 is 11.6 Å². The van der Waals surface area contributed by atoms with Gasteiger partial charge in [-0.1, -0.05) is 30.7 Å². The van der Waals surface area contributed by atoms with Crippen molar-refractivity contribution in [3.8, 4) is 0 Å². The van der Waals surface area contributed by atoms with Crippen LogP contribution in [0.25, 0.3) is 0 Å². The van der Waals surface area contributed by atoms with Crippen molar-refractivity contribution >= 4 is 21.7 Å². The minimum absolute atomic E-state index is 0.0608. The van der Waals surface area contributed by atoms with Crippen molar-refractivity contribution in [3.63, 3.8) is 0 Å². The quantitative estimate of drug-likeness (QED) is 0.834. The van der Waals surface area contributed by atoms with Gasteiger partial charge in [0.1, 0.15) is 0 Å². The van der Waals surface area contributed by atoms with Crippen molar-refractivity contribution in [2.24, 2.45) is 0 Å². The third-order valence-electron chi connectivity index (χ3n) is 2.23. The Hall–Kier alpha value is -0.580. The molecule has 1 aromatic carbocycles. The van der Waals surface area contributed by atoms with Gasteiger partial charge >= 0.3 is 0 Å². The molecule has 0 aromatic heterocycles. The molecular weight excluding hydrogens is 236 g/mol. The smallest absolute Gasteiger partial charge is 0.264 e. The Morgan fingerprint density at radius 2 is 2.13 bits per heavy atom. The largest absolute Gasteiger partial charge is 0.286 e. The average molecular weight is 249 g/mol. The van der Waals surface area contributed by atoms with Crippen molar-refractivity contribution in [2.75, 3.05) is 5.75 Å². The third-order valence-corrected chi connectivity index (χ3v) is 3.21. The molecule has 1 N–H and O–H groups in total. The molecule has 3 nitrogen and oxygen atoms in total. The van der Waals surface area contributed by atoms with Gasteiger partial charge in [-0.15, -0.1) is 0 Å². The van der Waals surface area contributed by atoms with E-state index in [1.807, 2.05) is 19.1 Å². The first-order chi connectivity index (χ1) is 6.88. The van der Waals surface area contributed by atoms with E-state index >= 15 is 0 Å². The minimum atomic E-state index is -3.87. The zero-order valence-corrected chi connectivity index (χ0v) is 9.92. The van der Waals surface area contributed by atoms with Gasteiger partial charge in [0, 0.05) is 5.02 Å². The van der Waals surface area contributed by atoms with E-state index in [1.54, 1.807) is 12.1 Å². The fraction of sp³-hybridized carbons (Fsp3) is 0.400. The SMILES string of the molecule is CC(CCS(=O)(=O)O)c1cccc(Cl)c1. The Morgan fingerprint density at radius 3 is 2.67 bits per heavy atom. The summed E-state index contributed by atoms with van der Waals surface area (Å²) in [4.78, 5) is 0.